The highest BCUT2D eigenvalue weighted by Crippen LogP contribution is 2.08. The van der Waals surface area contributed by atoms with Gasteiger partial charge < -0.3 is 11.1 Å². The number of rotatable bonds is 7. The number of carbonyl (C=O) groups is 1. The first-order valence-corrected chi connectivity index (χ1v) is 8.47. The maximum atomic E-state index is 12.0. The molecule has 0 saturated heterocycles. The second-order valence-electron chi connectivity index (χ2n) is 5.28. The predicted octanol–water partition coefficient (Wildman–Crippen LogP) is 0.478. The molecule has 1 aromatic rings. The van der Waals surface area contributed by atoms with Gasteiger partial charge in [0, 0.05) is 12.6 Å². The fraction of sp³-hybridized carbons (Fsp3) is 0.500. The van der Waals surface area contributed by atoms with Crippen LogP contribution in [0.2, 0.25) is 0 Å². The number of hydrogen-bond acceptors (Lipinski definition) is 4. The lowest BCUT2D eigenvalue weighted by molar-refractivity contribution is -0.122. The van der Waals surface area contributed by atoms with Crippen molar-refractivity contribution in [2.75, 3.05) is 0 Å². The van der Waals surface area contributed by atoms with E-state index in [-0.39, 0.29) is 17.7 Å². The first-order chi connectivity index (χ1) is 9.73. The highest BCUT2D eigenvalue weighted by molar-refractivity contribution is 7.88. The van der Waals surface area contributed by atoms with Crippen molar-refractivity contribution in [3.63, 3.8) is 0 Å². The van der Waals surface area contributed by atoms with Gasteiger partial charge in [-0.3, -0.25) is 4.79 Å². The van der Waals surface area contributed by atoms with Crippen LogP contribution in [0.3, 0.4) is 0 Å². The van der Waals surface area contributed by atoms with Gasteiger partial charge in [0.05, 0.1) is 11.8 Å². The molecule has 0 aliphatic carbocycles. The third-order valence-corrected chi connectivity index (χ3v) is 4.22. The highest BCUT2D eigenvalue weighted by atomic mass is 32.2. The maximum Gasteiger partial charge on any atom is 0.238 e. The summed E-state index contributed by atoms with van der Waals surface area (Å²) in [5, 5.41) is 2.66. The Morgan fingerprint density at radius 1 is 1.14 bits per heavy atom. The molecule has 0 spiro atoms. The fourth-order valence-corrected chi connectivity index (χ4v) is 3.13. The summed E-state index contributed by atoms with van der Waals surface area (Å²) in [6.45, 7) is 5.57. The molecule has 0 bridgehead atoms. The Balaban J connectivity index is 2.66. The van der Waals surface area contributed by atoms with E-state index in [1.807, 2.05) is 13.8 Å². The summed E-state index contributed by atoms with van der Waals surface area (Å²) in [5.41, 5.74) is 7.08. The van der Waals surface area contributed by atoms with Crippen molar-refractivity contribution in [2.24, 2.45) is 5.73 Å². The molecule has 21 heavy (non-hydrogen) atoms. The lowest BCUT2D eigenvalue weighted by atomic mass is 10.1. The molecule has 0 heterocycles. The molecule has 4 N–H and O–H groups in total. The van der Waals surface area contributed by atoms with Gasteiger partial charge in [0.25, 0.3) is 0 Å². The second-order valence-corrected chi connectivity index (χ2v) is 7.04. The molecule has 0 aliphatic heterocycles. The summed E-state index contributed by atoms with van der Waals surface area (Å²) in [6.07, 6.45) is 0. The van der Waals surface area contributed by atoms with Gasteiger partial charge in [-0.25, -0.2) is 13.1 Å². The van der Waals surface area contributed by atoms with Crippen LogP contribution in [0.1, 0.15) is 31.9 Å². The second kappa shape index (κ2) is 7.53. The van der Waals surface area contributed by atoms with E-state index < -0.39 is 16.1 Å². The summed E-state index contributed by atoms with van der Waals surface area (Å²) in [6, 6.07) is 6.19. The minimum Gasteiger partial charge on any atom is -0.353 e. The molecule has 0 fully saturated rings. The quantitative estimate of drug-likeness (QED) is 0.681. The zero-order chi connectivity index (χ0) is 16.0. The zero-order valence-electron chi connectivity index (χ0n) is 12.6. The molecule has 118 valence electrons. The zero-order valence-corrected chi connectivity index (χ0v) is 13.4. The Bertz CT molecular complexity index is 568. The standard InChI is InChI=1S/C14H23N3O3S/c1-10(2)16-14(18)11(3)17-21(19,20)9-13-6-4-12(8-15)5-7-13/h4-7,10-11,17H,8-9,15H2,1-3H3,(H,16,18). The van der Waals surface area contributed by atoms with Gasteiger partial charge in [0.1, 0.15) is 0 Å². The van der Waals surface area contributed by atoms with Gasteiger partial charge in [-0.2, -0.15) is 0 Å². The highest BCUT2D eigenvalue weighted by Gasteiger charge is 2.20. The van der Waals surface area contributed by atoms with Gasteiger partial charge in [-0.1, -0.05) is 24.3 Å². The molecule has 0 aliphatic rings. The Kier molecular flexibility index (Phi) is 6.32. The van der Waals surface area contributed by atoms with Gasteiger partial charge in [-0.05, 0) is 31.9 Å². The molecular formula is C14H23N3O3S. The van der Waals surface area contributed by atoms with Crippen molar-refractivity contribution < 1.29 is 13.2 Å². The first-order valence-electron chi connectivity index (χ1n) is 6.82. The normalized spacial score (nSPS) is 13.2. The summed E-state index contributed by atoms with van der Waals surface area (Å²) >= 11 is 0. The number of amides is 1. The lowest BCUT2D eigenvalue weighted by Crippen LogP contribution is -2.46. The smallest absolute Gasteiger partial charge is 0.238 e. The topological polar surface area (TPSA) is 101 Å². The van der Waals surface area contributed by atoms with E-state index in [9.17, 15) is 13.2 Å². The van der Waals surface area contributed by atoms with Crippen molar-refractivity contribution in [1.29, 1.82) is 0 Å². The van der Waals surface area contributed by atoms with E-state index in [0.29, 0.717) is 12.1 Å². The molecule has 7 heteroatoms. The number of sulfonamides is 1. The molecular weight excluding hydrogens is 290 g/mol. The molecule has 1 atom stereocenters. The largest absolute Gasteiger partial charge is 0.353 e. The fourth-order valence-electron chi connectivity index (χ4n) is 1.77. The van der Waals surface area contributed by atoms with Crippen molar-refractivity contribution in [1.82, 2.24) is 10.0 Å². The van der Waals surface area contributed by atoms with Gasteiger partial charge >= 0.3 is 0 Å². The van der Waals surface area contributed by atoms with Crippen LogP contribution in [-0.2, 0) is 27.1 Å². The average molecular weight is 313 g/mol. The van der Waals surface area contributed by atoms with Crippen LogP contribution in [-0.4, -0.2) is 26.4 Å². The van der Waals surface area contributed by atoms with Gasteiger partial charge in [0.2, 0.25) is 15.9 Å². The van der Waals surface area contributed by atoms with Gasteiger partial charge in [-0.15, -0.1) is 0 Å². The van der Waals surface area contributed by atoms with Crippen molar-refractivity contribution in [2.45, 2.75) is 45.2 Å². The third-order valence-electron chi connectivity index (χ3n) is 2.80. The molecule has 1 rings (SSSR count). The van der Waals surface area contributed by atoms with Crippen molar-refractivity contribution in [3.05, 3.63) is 35.4 Å². The Hall–Kier alpha value is -1.44. The van der Waals surface area contributed by atoms with Crippen LogP contribution in [0.4, 0.5) is 0 Å². The lowest BCUT2D eigenvalue weighted by Gasteiger charge is -2.16. The van der Waals surface area contributed by atoms with Crippen LogP contribution >= 0.6 is 0 Å². The summed E-state index contributed by atoms with van der Waals surface area (Å²) in [7, 11) is -3.58. The summed E-state index contributed by atoms with van der Waals surface area (Å²) < 4.78 is 26.5. The predicted molar refractivity (Wildman–Crippen MR) is 82.8 cm³/mol. The van der Waals surface area contributed by atoms with Crippen LogP contribution in [0.15, 0.2) is 24.3 Å². The van der Waals surface area contributed by atoms with Crippen molar-refractivity contribution in [3.8, 4) is 0 Å². The van der Waals surface area contributed by atoms with E-state index in [2.05, 4.69) is 10.0 Å². The number of nitrogens with one attached hydrogen (secondary N) is 2. The molecule has 1 amide bonds. The van der Waals surface area contributed by atoms with E-state index in [1.54, 1.807) is 24.3 Å². The minimum absolute atomic E-state index is 0.0340. The Morgan fingerprint density at radius 2 is 1.67 bits per heavy atom. The van der Waals surface area contributed by atoms with E-state index in [4.69, 9.17) is 5.73 Å². The first kappa shape index (κ1) is 17.6. The molecule has 1 aromatic carbocycles. The number of benzene rings is 1. The Labute approximate surface area is 126 Å². The monoisotopic (exact) mass is 313 g/mol. The van der Waals surface area contributed by atoms with Crippen LogP contribution < -0.4 is 15.8 Å². The average Bonchev–Trinajstić information content (AvgIpc) is 2.37. The molecule has 6 nitrogen and oxygen atoms in total. The van der Waals surface area contributed by atoms with E-state index >= 15 is 0 Å². The van der Waals surface area contributed by atoms with Crippen molar-refractivity contribution >= 4 is 15.9 Å². The minimum atomic E-state index is -3.58. The third kappa shape index (κ3) is 6.24. The van der Waals surface area contributed by atoms with Crippen LogP contribution in [0.25, 0.3) is 0 Å². The maximum absolute atomic E-state index is 12.0. The number of hydrogen-bond donors (Lipinski definition) is 3. The van der Waals surface area contributed by atoms with E-state index in [0.717, 1.165) is 5.56 Å². The molecule has 1 unspecified atom stereocenters. The molecule has 0 aromatic heterocycles. The Morgan fingerprint density at radius 3 is 2.14 bits per heavy atom. The number of nitrogens with two attached hydrogens (primary N) is 1. The molecule has 0 radical (unpaired) electrons. The SMILES string of the molecule is CC(C)NC(=O)C(C)NS(=O)(=O)Cc1ccc(CN)cc1. The summed E-state index contributed by atoms with van der Waals surface area (Å²) in [5.74, 6) is -0.510. The number of carbonyl (C=O) groups excluding carboxylic acids is 1. The van der Waals surface area contributed by atoms with Gasteiger partial charge in [0.15, 0.2) is 0 Å². The molecule has 0 saturated carbocycles. The summed E-state index contributed by atoms with van der Waals surface area (Å²) in [4.78, 5) is 11.7. The van der Waals surface area contributed by atoms with Crippen LogP contribution in [0, 0.1) is 0 Å². The van der Waals surface area contributed by atoms with Crippen LogP contribution in [0.5, 0.6) is 0 Å². The van der Waals surface area contributed by atoms with E-state index in [1.165, 1.54) is 6.92 Å².